The van der Waals surface area contributed by atoms with E-state index in [1.807, 2.05) is 20.8 Å². The molecule has 0 saturated carbocycles. The third-order valence-electron chi connectivity index (χ3n) is 4.61. The first-order valence-electron chi connectivity index (χ1n) is 10.9. The zero-order valence-corrected chi connectivity index (χ0v) is 20.5. The van der Waals surface area contributed by atoms with Gasteiger partial charge in [-0.15, -0.1) is 18.9 Å². The predicted octanol–water partition coefficient (Wildman–Crippen LogP) is 4.70. The molecule has 0 aliphatic carbocycles. The third-order valence-corrected chi connectivity index (χ3v) is 4.61. The molecule has 34 heavy (non-hydrogen) atoms. The summed E-state index contributed by atoms with van der Waals surface area (Å²) in [7, 11) is 1.67. The van der Waals surface area contributed by atoms with Gasteiger partial charge in [0.05, 0.1) is 23.8 Å². The van der Waals surface area contributed by atoms with E-state index in [0.717, 1.165) is 5.57 Å². The van der Waals surface area contributed by atoms with Gasteiger partial charge in [0.15, 0.2) is 0 Å². The molecule has 2 aromatic rings. The first kappa shape index (κ1) is 28.0. The Morgan fingerprint density at radius 1 is 1.41 bits per heavy atom. The quantitative estimate of drug-likeness (QED) is 0.256. The second-order valence-electron chi connectivity index (χ2n) is 7.45. The Hall–Kier alpha value is -4.05. The molecular formula is C27H33N3O4. The molecule has 2 rings (SSSR count). The number of likely N-dealkylation sites (N-methyl/N-ethyl adjacent to an activating group) is 1. The van der Waals surface area contributed by atoms with Crippen molar-refractivity contribution in [1.82, 2.24) is 14.9 Å². The van der Waals surface area contributed by atoms with Crippen LogP contribution in [0.25, 0.3) is 17.1 Å². The molecule has 0 bridgehead atoms. The Morgan fingerprint density at radius 2 is 2.09 bits per heavy atom. The molecule has 0 aromatic carbocycles. The van der Waals surface area contributed by atoms with Gasteiger partial charge in [0.25, 0.3) is 5.56 Å². The van der Waals surface area contributed by atoms with E-state index in [9.17, 15) is 14.7 Å². The number of allylic oxidation sites excluding steroid dienone is 3. The Morgan fingerprint density at radius 3 is 2.68 bits per heavy atom. The van der Waals surface area contributed by atoms with Crippen LogP contribution < -0.4 is 5.56 Å². The van der Waals surface area contributed by atoms with Gasteiger partial charge < -0.3 is 19.7 Å². The first-order valence-corrected chi connectivity index (χ1v) is 10.9. The van der Waals surface area contributed by atoms with Crippen LogP contribution in [0.15, 0.2) is 59.5 Å². The minimum atomic E-state index is -0.355. The minimum Gasteiger partial charge on any atom is -0.507 e. The number of hydrogen-bond donors (Lipinski definition) is 2. The lowest BCUT2D eigenvalue weighted by atomic mass is 10.1. The van der Waals surface area contributed by atoms with E-state index in [1.54, 1.807) is 44.5 Å². The molecule has 1 amide bonds. The summed E-state index contributed by atoms with van der Waals surface area (Å²) in [5.74, 6) is 2.85. The minimum absolute atomic E-state index is 0.0875. The fourth-order valence-electron chi connectivity index (χ4n) is 2.82. The number of carbonyl (C=O) groups is 1. The Balaban J connectivity index is 0.00000182. The summed E-state index contributed by atoms with van der Waals surface area (Å²) >= 11 is 0. The van der Waals surface area contributed by atoms with Crippen molar-refractivity contribution in [3.63, 3.8) is 0 Å². The summed E-state index contributed by atoms with van der Waals surface area (Å²) in [5.41, 5.74) is 1.77. The Kier molecular flexibility index (Phi) is 11.7. The average Bonchev–Trinajstić information content (AvgIpc) is 2.81. The van der Waals surface area contributed by atoms with Crippen LogP contribution in [0, 0.1) is 12.3 Å². The van der Waals surface area contributed by atoms with E-state index in [2.05, 4.69) is 22.5 Å². The number of aromatic hydroxyl groups is 1. The topological polar surface area (TPSA) is 95.5 Å². The van der Waals surface area contributed by atoms with Gasteiger partial charge in [-0.05, 0) is 56.5 Å². The van der Waals surface area contributed by atoms with Crippen LogP contribution >= 0.6 is 0 Å². The number of rotatable bonds is 8. The number of terminal acetylenes is 1. The standard InChI is InChI=1S/C24H27N3O4.C3H6/c1-6-9-16(4)15-31-18(7-2)14-27(5)21(28)11-10-17-12-20-22(29)19(8-3)24(30)26-23(20)25-13-17;1-3-2/h1,7,10-13,15H,8-9,14H2,2-5H3,(H2,25,26,29,30);3H,1H2,2H3/b11-10+,16-15+,18-7+;. The number of amides is 1. The van der Waals surface area contributed by atoms with Crippen molar-refractivity contribution < 1.29 is 14.6 Å². The zero-order valence-electron chi connectivity index (χ0n) is 20.5. The summed E-state index contributed by atoms with van der Waals surface area (Å²) in [6.45, 7) is 11.0. The number of fused-ring (bicyclic) bond motifs is 1. The van der Waals surface area contributed by atoms with Gasteiger partial charge in [0.2, 0.25) is 5.91 Å². The molecule has 7 nitrogen and oxygen atoms in total. The largest absolute Gasteiger partial charge is 0.507 e. The summed E-state index contributed by atoms with van der Waals surface area (Å²) in [6, 6.07) is 1.68. The molecule has 0 saturated heterocycles. The summed E-state index contributed by atoms with van der Waals surface area (Å²) < 4.78 is 5.60. The van der Waals surface area contributed by atoms with E-state index in [0.29, 0.717) is 40.8 Å². The highest BCUT2D eigenvalue weighted by Gasteiger charge is 2.12. The lowest BCUT2D eigenvalue weighted by molar-refractivity contribution is -0.124. The van der Waals surface area contributed by atoms with E-state index in [-0.39, 0.29) is 23.8 Å². The van der Waals surface area contributed by atoms with Gasteiger partial charge in [0, 0.05) is 25.7 Å². The monoisotopic (exact) mass is 463 g/mol. The second-order valence-corrected chi connectivity index (χ2v) is 7.45. The van der Waals surface area contributed by atoms with Crippen molar-refractivity contribution in [2.24, 2.45) is 0 Å². The summed E-state index contributed by atoms with van der Waals surface area (Å²) in [4.78, 5) is 32.8. The number of hydrogen-bond acceptors (Lipinski definition) is 5. The number of aromatic amines is 1. The van der Waals surface area contributed by atoms with Gasteiger partial charge in [-0.3, -0.25) is 9.59 Å². The van der Waals surface area contributed by atoms with E-state index < -0.39 is 0 Å². The molecule has 2 N–H and O–H groups in total. The van der Waals surface area contributed by atoms with Gasteiger partial charge in [0.1, 0.15) is 17.2 Å². The molecular weight excluding hydrogens is 430 g/mol. The van der Waals surface area contributed by atoms with E-state index in [4.69, 9.17) is 11.2 Å². The fourth-order valence-corrected chi connectivity index (χ4v) is 2.82. The molecule has 0 fully saturated rings. The SMILES string of the molecule is C#CC/C(C)=C/O/C(=C/C)CN(C)C(=O)/C=C/c1cnc2[nH]c(=O)c(CC)c(O)c2c1.C=CC. The molecule has 7 heteroatoms. The fraction of sp³-hybridized carbons (Fsp3) is 0.296. The highest BCUT2D eigenvalue weighted by atomic mass is 16.5. The van der Waals surface area contributed by atoms with Crippen molar-refractivity contribution in [2.75, 3.05) is 13.6 Å². The molecule has 180 valence electrons. The van der Waals surface area contributed by atoms with Crippen molar-refractivity contribution in [3.05, 3.63) is 76.1 Å². The van der Waals surface area contributed by atoms with Crippen LogP contribution in [-0.4, -0.2) is 39.5 Å². The highest BCUT2D eigenvalue weighted by molar-refractivity contribution is 5.92. The second kappa shape index (κ2) is 14.2. The maximum absolute atomic E-state index is 12.5. The molecule has 0 spiro atoms. The molecule has 0 unspecified atom stereocenters. The molecule has 0 radical (unpaired) electrons. The van der Waals surface area contributed by atoms with Crippen LogP contribution in [0.4, 0.5) is 0 Å². The van der Waals surface area contributed by atoms with Gasteiger partial charge in [-0.2, -0.15) is 0 Å². The lowest BCUT2D eigenvalue weighted by Crippen LogP contribution is -2.27. The van der Waals surface area contributed by atoms with Crippen molar-refractivity contribution in [3.8, 4) is 18.1 Å². The first-order chi connectivity index (χ1) is 16.2. The summed E-state index contributed by atoms with van der Waals surface area (Å²) in [6.07, 6.45) is 15.8. The lowest BCUT2D eigenvalue weighted by Gasteiger charge is -2.17. The number of nitrogens with one attached hydrogen (secondary N) is 1. The van der Waals surface area contributed by atoms with Crippen molar-refractivity contribution in [2.45, 2.75) is 40.5 Å². The predicted molar refractivity (Wildman–Crippen MR) is 138 cm³/mol. The Labute approximate surface area is 201 Å². The van der Waals surface area contributed by atoms with Crippen molar-refractivity contribution >= 4 is 23.0 Å². The van der Waals surface area contributed by atoms with Gasteiger partial charge in [-0.1, -0.05) is 13.0 Å². The number of nitrogens with zero attached hydrogens (tertiary/aromatic N) is 2. The van der Waals surface area contributed by atoms with Gasteiger partial charge >= 0.3 is 0 Å². The van der Waals surface area contributed by atoms with Crippen LogP contribution in [0.5, 0.6) is 5.75 Å². The highest BCUT2D eigenvalue weighted by Crippen LogP contribution is 2.25. The van der Waals surface area contributed by atoms with Crippen molar-refractivity contribution in [1.29, 1.82) is 0 Å². The van der Waals surface area contributed by atoms with Crippen LogP contribution in [-0.2, 0) is 16.0 Å². The third kappa shape index (κ3) is 8.14. The number of aromatic nitrogens is 2. The molecule has 0 aliphatic heterocycles. The van der Waals surface area contributed by atoms with Crippen LogP contribution in [0.1, 0.15) is 45.2 Å². The van der Waals surface area contributed by atoms with Gasteiger partial charge in [-0.25, -0.2) is 4.98 Å². The van der Waals surface area contributed by atoms with Crippen LogP contribution in [0.3, 0.4) is 0 Å². The average molecular weight is 464 g/mol. The Bertz CT molecular complexity index is 1200. The summed E-state index contributed by atoms with van der Waals surface area (Å²) in [5, 5.41) is 10.8. The smallest absolute Gasteiger partial charge is 0.256 e. The molecule has 0 aliphatic rings. The van der Waals surface area contributed by atoms with Crippen LogP contribution in [0.2, 0.25) is 0 Å². The van der Waals surface area contributed by atoms with E-state index >= 15 is 0 Å². The zero-order chi connectivity index (χ0) is 25.7. The number of H-pyrrole nitrogens is 1. The molecule has 2 heterocycles. The van der Waals surface area contributed by atoms with E-state index in [1.165, 1.54) is 17.2 Å². The number of ether oxygens (including phenoxy) is 1. The molecule has 2 aromatic heterocycles. The maximum Gasteiger partial charge on any atom is 0.256 e. The normalized spacial score (nSPS) is 11.5. The maximum atomic E-state index is 12.5. The number of carbonyl (C=O) groups excluding carboxylic acids is 1. The number of pyridine rings is 2. The molecule has 0 atom stereocenters.